The molecule has 25 heavy (non-hydrogen) atoms. The molecule has 0 aliphatic carbocycles. The summed E-state index contributed by atoms with van der Waals surface area (Å²) in [6.07, 6.45) is 1.57. The summed E-state index contributed by atoms with van der Waals surface area (Å²) in [5.74, 6) is 0.866. The Kier molecular flexibility index (Phi) is 4.67. The maximum atomic E-state index is 12.8. The minimum absolute atomic E-state index is 0.0983. The summed E-state index contributed by atoms with van der Waals surface area (Å²) < 4.78 is 33.6. The number of rotatable bonds is 4. The molecule has 1 saturated heterocycles. The lowest BCUT2D eigenvalue weighted by Gasteiger charge is -2.29. The molecule has 6 nitrogen and oxygen atoms in total. The molecule has 1 fully saturated rings. The number of thiophene rings is 2. The highest BCUT2D eigenvalue weighted by Gasteiger charge is 2.34. The molecule has 0 bridgehead atoms. The fourth-order valence-corrected chi connectivity index (χ4v) is 6.62. The van der Waals surface area contributed by atoms with E-state index < -0.39 is 10.0 Å². The fourth-order valence-electron chi connectivity index (χ4n) is 2.83. The molecule has 4 heterocycles. The molecule has 1 aliphatic heterocycles. The monoisotopic (exact) mass is 415 g/mol. The summed E-state index contributed by atoms with van der Waals surface area (Å²) in [5, 5.41) is 12.1. The molecule has 10 heteroatoms. The van der Waals surface area contributed by atoms with E-state index in [4.69, 9.17) is 16.0 Å². The Labute approximate surface area is 158 Å². The summed E-state index contributed by atoms with van der Waals surface area (Å²) >= 11 is 8.52. The molecule has 3 aromatic rings. The first kappa shape index (κ1) is 17.2. The molecule has 1 aliphatic rings. The zero-order valence-corrected chi connectivity index (χ0v) is 16.2. The van der Waals surface area contributed by atoms with Crippen LogP contribution >= 0.6 is 34.3 Å². The maximum absolute atomic E-state index is 12.8. The van der Waals surface area contributed by atoms with Gasteiger partial charge in [-0.05, 0) is 36.4 Å². The summed E-state index contributed by atoms with van der Waals surface area (Å²) in [6, 6.07) is 5.07. The Hall–Kier alpha value is -1.26. The van der Waals surface area contributed by atoms with Crippen molar-refractivity contribution in [3.05, 3.63) is 39.2 Å². The van der Waals surface area contributed by atoms with Gasteiger partial charge in [0.2, 0.25) is 11.8 Å². The van der Waals surface area contributed by atoms with Crippen LogP contribution in [-0.2, 0) is 10.0 Å². The second kappa shape index (κ2) is 6.81. The van der Waals surface area contributed by atoms with Gasteiger partial charge < -0.3 is 4.42 Å². The second-order valence-corrected chi connectivity index (χ2v) is 10.4. The van der Waals surface area contributed by atoms with Gasteiger partial charge in [-0.15, -0.1) is 21.5 Å². The smallest absolute Gasteiger partial charge is 0.252 e. The van der Waals surface area contributed by atoms with E-state index in [-0.39, 0.29) is 10.1 Å². The Morgan fingerprint density at radius 2 is 2.16 bits per heavy atom. The number of hydrogen-bond donors (Lipinski definition) is 0. The van der Waals surface area contributed by atoms with Gasteiger partial charge in [-0.2, -0.15) is 15.6 Å². The molecule has 0 aromatic carbocycles. The molecule has 0 amide bonds. The fraction of sp³-hybridized carbons (Fsp3) is 0.333. The minimum Gasteiger partial charge on any atom is -0.420 e. The molecular weight excluding hydrogens is 402 g/mol. The van der Waals surface area contributed by atoms with Crippen LogP contribution in [0.5, 0.6) is 0 Å². The van der Waals surface area contributed by atoms with Gasteiger partial charge in [0.25, 0.3) is 10.0 Å². The number of piperidine rings is 1. The van der Waals surface area contributed by atoms with Gasteiger partial charge >= 0.3 is 0 Å². The van der Waals surface area contributed by atoms with Gasteiger partial charge in [0.15, 0.2) is 0 Å². The van der Waals surface area contributed by atoms with Crippen LogP contribution in [0.4, 0.5) is 0 Å². The molecular formula is C15H14ClN3O3S3. The second-order valence-electron chi connectivity index (χ2n) is 5.72. The van der Waals surface area contributed by atoms with Gasteiger partial charge in [-0.3, -0.25) is 0 Å². The predicted octanol–water partition coefficient (Wildman–Crippen LogP) is 4.08. The van der Waals surface area contributed by atoms with Crippen molar-refractivity contribution in [3.63, 3.8) is 0 Å². The molecule has 1 unspecified atom stereocenters. The summed E-state index contributed by atoms with van der Waals surface area (Å²) in [4.78, 5) is 0. The normalized spacial score (nSPS) is 19.3. The molecule has 132 valence electrons. The van der Waals surface area contributed by atoms with Crippen molar-refractivity contribution in [2.45, 2.75) is 23.0 Å². The van der Waals surface area contributed by atoms with Crippen molar-refractivity contribution in [1.29, 1.82) is 0 Å². The average Bonchev–Trinajstić information content (AvgIpc) is 3.35. The van der Waals surface area contributed by atoms with Crippen LogP contribution in [0, 0.1) is 0 Å². The Bertz CT molecular complexity index is 965. The average molecular weight is 416 g/mol. The first-order chi connectivity index (χ1) is 12.0. The van der Waals surface area contributed by atoms with Gasteiger partial charge in [0.05, 0.1) is 10.3 Å². The molecule has 1 atom stereocenters. The quantitative estimate of drug-likeness (QED) is 0.641. The van der Waals surface area contributed by atoms with Gasteiger partial charge in [0.1, 0.15) is 4.21 Å². The molecule has 0 radical (unpaired) electrons. The lowest BCUT2D eigenvalue weighted by Crippen LogP contribution is -2.38. The number of sulfonamides is 1. The summed E-state index contributed by atoms with van der Waals surface area (Å²) in [6.45, 7) is 0.822. The highest BCUT2D eigenvalue weighted by molar-refractivity contribution is 7.91. The number of nitrogens with zero attached hydrogens (tertiary/aromatic N) is 3. The molecule has 4 rings (SSSR count). The van der Waals surface area contributed by atoms with Crippen molar-refractivity contribution in [2.24, 2.45) is 0 Å². The van der Waals surface area contributed by atoms with E-state index in [0.717, 1.165) is 29.7 Å². The highest BCUT2D eigenvalue weighted by atomic mass is 35.5. The van der Waals surface area contributed by atoms with Crippen molar-refractivity contribution < 1.29 is 12.8 Å². The maximum Gasteiger partial charge on any atom is 0.252 e. The van der Waals surface area contributed by atoms with E-state index in [1.165, 1.54) is 4.31 Å². The first-order valence-corrected chi connectivity index (χ1v) is 11.2. The van der Waals surface area contributed by atoms with Crippen LogP contribution in [0.1, 0.15) is 24.7 Å². The zero-order chi connectivity index (χ0) is 17.4. The third kappa shape index (κ3) is 3.39. The standard InChI is InChI=1S/C15H14ClN3O3S3/c16-12-3-4-13(24-12)25(20,21)19-6-1-2-10(8-19)14-17-18-15(22-14)11-5-7-23-9-11/h3-5,7,9-10H,1-2,6,8H2. The van der Waals surface area contributed by atoms with Crippen LogP contribution in [0.15, 0.2) is 37.6 Å². The Morgan fingerprint density at radius 1 is 1.28 bits per heavy atom. The van der Waals surface area contributed by atoms with Crippen LogP contribution in [0.3, 0.4) is 0 Å². The Morgan fingerprint density at radius 3 is 2.88 bits per heavy atom. The number of halogens is 1. The number of aromatic nitrogens is 2. The lowest BCUT2D eigenvalue weighted by molar-refractivity contribution is 0.286. The SMILES string of the molecule is O=S(=O)(c1ccc(Cl)s1)N1CCCC(c2nnc(-c3ccsc3)o2)C1. The van der Waals surface area contributed by atoms with E-state index in [9.17, 15) is 8.42 Å². The van der Waals surface area contributed by atoms with E-state index in [2.05, 4.69) is 10.2 Å². The molecule has 0 saturated carbocycles. The van der Waals surface area contributed by atoms with Crippen molar-refractivity contribution >= 4 is 44.3 Å². The van der Waals surface area contributed by atoms with Crippen molar-refractivity contribution in [1.82, 2.24) is 14.5 Å². The number of hydrogen-bond acceptors (Lipinski definition) is 7. The van der Waals surface area contributed by atoms with Gasteiger partial charge in [-0.1, -0.05) is 11.6 Å². The third-order valence-electron chi connectivity index (χ3n) is 4.08. The summed E-state index contributed by atoms with van der Waals surface area (Å²) in [5.41, 5.74) is 0.886. The zero-order valence-electron chi connectivity index (χ0n) is 13.0. The predicted molar refractivity (Wildman–Crippen MR) is 97.7 cm³/mol. The first-order valence-electron chi connectivity index (χ1n) is 7.65. The van der Waals surface area contributed by atoms with E-state index in [0.29, 0.717) is 29.2 Å². The highest BCUT2D eigenvalue weighted by Crippen LogP contribution is 2.34. The van der Waals surface area contributed by atoms with Gasteiger partial charge in [0, 0.05) is 24.0 Å². The largest absolute Gasteiger partial charge is 0.420 e. The molecule has 0 spiro atoms. The van der Waals surface area contributed by atoms with E-state index >= 15 is 0 Å². The van der Waals surface area contributed by atoms with Crippen molar-refractivity contribution in [3.8, 4) is 11.5 Å². The molecule has 3 aromatic heterocycles. The van der Waals surface area contributed by atoms with Crippen LogP contribution in [-0.4, -0.2) is 36.0 Å². The van der Waals surface area contributed by atoms with Crippen LogP contribution in [0.25, 0.3) is 11.5 Å². The van der Waals surface area contributed by atoms with Crippen molar-refractivity contribution in [2.75, 3.05) is 13.1 Å². The molecule has 0 N–H and O–H groups in total. The van der Waals surface area contributed by atoms with E-state index in [1.54, 1.807) is 23.5 Å². The van der Waals surface area contributed by atoms with Gasteiger partial charge in [-0.25, -0.2) is 8.42 Å². The summed E-state index contributed by atoms with van der Waals surface area (Å²) in [7, 11) is -3.54. The van der Waals surface area contributed by atoms with Crippen LogP contribution in [0.2, 0.25) is 4.34 Å². The van der Waals surface area contributed by atoms with Crippen LogP contribution < -0.4 is 0 Å². The Balaban J connectivity index is 1.55. The topological polar surface area (TPSA) is 76.3 Å². The minimum atomic E-state index is -3.54. The van der Waals surface area contributed by atoms with E-state index in [1.807, 2.05) is 16.8 Å². The third-order valence-corrected chi connectivity index (χ3v) is 8.33. The lowest BCUT2D eigenvalue weighted by atomic mass is 10.00.